The van der Waals surface area contributed by atoms with Gasteiger partial charge >= 0.3 is 5.97 Å². The molecule has 6 nitrogen and oxygen atoms in total. The summed E-state index contributed by atoms with van der Waals surface area (Å²) >= 11 is 0. The SMILES string of the molecule is CC/C=C/C/C=C/C/C=C/CCCCCCC(=O)OC(CCC/C=C\CCCCCCCCC)CC(=O)NC(CO)C(O)CCCCCCCCCCCCCCCCC. The zero-order valence-electron chi connectivity index (χ0n) is 39.8. The molecule has 0 fully saturated rings. The van der Waals surface area contributed by atoms with E-state index in [0.717, 1.165) is 89.9 Å². The minimum atomic E-state index is -0.797. The minimum absolute atomic E-state index is 0.0482. The first-order chi connectivity index (χ1) is 29.5. The van der Waals surface area contributed by atoms with Crippen molar-refractivity contribution in [3.8, 4) is 0 Å². The van der Waals surface area contributed by atoms with E-state index in [1.54, 1.807) is 0 Å². The summed E-state index contributed by atoms with van der Waals surface area (Å²) in [5.41, 5.74) is 0. The van der Waals surface area contributed by atoms with Gasteiger partial charge in [0.15, 0.2) is 0 Å². The predicted molar refractivity (Wildman–Crippen MR) is 259 cm³/mol. The summed E-state index contributed by atoms with van der Waals surface area (Å²) in [6.45, 7) is 6.36. The van der Waals surface area contributed by atoms with Crippen LogP contribution >= 0.6 is 0 Å². The van der Waals surface area contributed by atoms with Gasteiger partial charge in [-0.15, -0.1) is 0 Å². The molecule has 0 aliphatic heterocycles. The molecule has 3 atom stereocenters. The normalized spacial score (nSPS) is 13.6. The van der Waals surface area contributed by atoms with Crippen molar-refractivity contribution in [2.24, 2.45) is 0 Å². The molecule has 0 heterocycles. The van der Waals surface area contributed by atoms with Gasteiger partial charge in [0.25, 0.3) is 0 Å². The largest absolute Gasteiger partial charge is 0.462 e. The van der Waals surface area contributed by atoms with E-state index < -0.39 is 18.2 Å². The van der Waals surface area contributed by atoms with Crippen LogP contribution in [0.2, 0.25) is 0 Å². The Morgan fingerprint density at radius 3 is 1.42 bits per heavy atom. The molecule has 0 aliphatic rings. The van der Waals surface area contributed by atoms with E-state index in [1.165, 1.54) is 122 Å². The number of esters is 1. The molecule has 0 saturated heterocycles. The molecule has 3 unspecified atom stereocenters. The fourth-order valence-corrected chi connectivity index (χ4v) is 7.74. The van der Waals surface area contributed by atoms with Crippen LogP contribution < -0.4 is 5.32 Å². The number of allylic oxidation sites excluding steroid dienone is 8. The van der Waals surface area contributed by atoms with Crippen molar-refractivity contribution in [3.63, 3.8) is 0 Å². The molecule has 6 heteroatoms. The number of carbonyl (C=O) groups is 2. The molecule has 0 aliphatic carbocycles. The van der Waals surface area contributed by atoms with Crippen LogP contribution in [0.15, 0.2) is 48.6 Å². The Balaban J connectivity index is 4.58. The number of hydrogen-bond acceptors (Lipinski definition) is 5. The number of carbonyl (C=O) groups excluding carboxylic acids is 2. The zero-order valence-corrected chi connectivity index (χ0v) is 39.8. The molecule has 3 N–H and O–H groups in total. The third-order valence-electron chi connectivity index (χ3n) is 11.6. The number of nitrogens with one attached hydrogen (secondary N) is 1. The summed E-state index contributed by atoms with van der Waals surface area (Å²) in [5.74, 6) is -0.525. The zero-order chi connectivity index (χ0) is 43.8. The molecule has 350 valence electrons. The lowest BCUT2D eigenvalue weighted by atomic mass is 10.0. The average molecular weight is 842 g/mol. The molecule has 0 saturated carbocycles. The van der Waals surface area contributed by atoms with Crippen LogP contribution in [-0.2, 0) is 14.3 Å². The van der Waals surface area contributed by atoms with Gasteiger partial charge in [-0.3, -0.25) is 9.59 Å². The summed E-state index contributed by atoms with van der Waals surface area (Å²) in [7, 11) is 0. The molecule has 0 spiro atoms. The van der Waals surface area contributed by atoms with E-state index in [-0.39, 0.29) is 24.9 Å². The molecule has 0 aromatic rings. The number of amides is 1. The number of aliphatic hydroxyl groups is 2. The Kier molecular flexibility index (Phi) is 46.1. The lowest BCUT2D eigenvalue weighted by Crippen LogP contribution is -2.46. The van der Waals surface area contributed by atoms with Crippen LogP contribution in [0, 0.1) is 0 Å². The number of rotatable bonds is 46. The van der Waals surface area contributed by atoms with Crippen molar-refractivity contribution >= 4 is 11.9 Å². The lowest BCUT2D eigenvalue weighted by molar-refractivity contribution is -0.151. The third kappa shape index (κ3) is 42.5. The summed E-state index contributed by atoms with van der Waals surface area (Å²) in [4.78, 5) is 26.1. The highest BCUT2D eigenvalue weighted by atomic mass is 16.5. The van der Waals surface area contributed by atoms with Gasteiger partial charge in [0.05, 0.1) is 25.2 Å². The van der Waals surface area contributed by atoms with Gasteiger partial charge in [0.1, 0.15) is 6.10 Å². The Hall–Kier alpha value is -2.18. The highest BCUT2D eigenvalue weighted by molar-refractivity contribution is 5.77. The van der Waals surface area contributed by atoms with Crippen molar-refractivity contribution in [3.05, 3.63) is 48.6 Å². The van der Waals surface area contributed by atoms with E-state index in [0.29, 0.717) is 19.3 Å². The smallest absolute Gasteiger partial charge is 0.306 e. The van der Waals surface area contributed by atoms with Gasteiger partial charge in [-0.25, -0.2) is 0 Å². The van der Waals surface area contributed by atoms with E-state index in [9.17, 15) is 19.8 Å². The Morgan fingerprint density at radius 2 is 0.917 bits per heavy atom. The minimum Gasteiger partial charge on any atom is -0.462 e. The number of ether oxygens (including phenoxy) is 1. The Morgan fingerprint density at radius 1 is 0.500 bits per heavy atom. The second-order valence-corrected chi connectivity index (χ2v) is 17.5. The molecule has 0 aromatic carbocycles. The highest BCUT2D eigenvalue weighted by Gasteiger charge is 2.24. The standard InChI is InChI=1S/C54H99NO5/c1-4-7-10-13-16-19-22-25-27-28-31-34-37-40-43-46-52(57)51(49-56)55-53(58)48-50(45-42-39-36-33-30-24-21-18-15-12-9-6-3)60-54(59)47-44-41-38-35-32-29-26-23-20-17-14-11-8-5-2/h8,11,17,20,26,29,33,36,50-52,56-57H,4-7,9-10,12-16,18-19,21-25,27-28,30-32,34-35,37-49H2,1-3H3,(H,55,58)/b11-8+,20-17+,29-26+,36-33-. The van der Waals surface area contributed by atoms with Gasteiger partial charge < -0.3 is 20.3 Å². The molecular formula is C54H99NO5. The molecule has 1 amide bonds. The molecule has 0 bridgehead atoms. The average Bonchev–Trinajstić information content (AvgIpc) is 3.24. The van der Waals surface area contributed by atoms with E-state index >= 15 is 0 Å². The van der Waals surface area contributed by atoms with Crippen molar-refractivity contribution < 1.29 is 24.5 Å². The predicted octanol–water partition coefficient (Wildman–Crippen LogP) is 15.5. The molecule has 0 aromatic heterocycles. The summed E-state index contributed by atoms with van der Waals surface area (Å²) in [6.07, 6.45) is 57.5. The van der Waals surface area contributed by atoms with Crippen molar-refractivity contribution in [2.75, 3.05) is 6.61 Å². The topological polar surface area (TPSA) is 95.9 Å². The number of hydrogen-bond donors (Lipinski definition) is 3. The monoisotopic (exact) mass is 842 g/mol. The van der Waals surface area contributed by atoms with Crippen molar-refractivity contribution in [1.29, 1.82) is 0 Å². The van der Waals surface area contributed by atoms with E-state index in [2.05, 4.69) is 74.7 Å². The van der Waals surface area contributed by atoms with Crippen LogP contribution in [0.3, 0.4) is 0 Å². The summed E-state index contributed by atoms with van der Waals surface area (Å²) in [5, 5.41) is 23.8. The van der Waals surface area contributed by atoms with Gasteiger partial charge in [-0.05, 0) is 77.0 Å². The Labute approximate surface area is 372 Å². The van der Waals surface area contributed by atoms with Gasteiger partial charge in [-0.1, -0.05) is 217 Å². The second kappa shape index (κ2) is 47.9. The van der Waals surface area contributed by atoms with Crippen LogP contribution in [0.4, 0.5) is 0 Å². The molecule has 0 radical (unpaired) electrons. The Bertz CT molecular complexity index is 1040. The highest BCUT2D eigenvalue weighted by Crippen LogP contribution is 2.17. The molecular weight excluding hydrogens is 743 g/mol. The molecule has 0 rings (SSSR count). The first-order valence-electron chi connectivity index (χ1n) is 25.9. The van der Waals surface area contributed by atoms with Crippen molar-refractivity contribution in [2.45, 2.75) is 277 Å². The maximum absolute atomic E-state index is 13.2. The maximum atomic E-state index is 13.2. The van der Waals surface area contributed by atoms with Crippen molar-refractivity contribution in [1.82, 2.24) is 5.32 Å². The first-order valence-corrected chi connectivity index (χ1v) is 25.9. The van der Waals surface area contributed by atoms with Crippen LogP contribution in [-0.4, -0.2) is 46.9 Å². The lowest BCUT2D eigenvalue weighted by Gasteiger charge is -2.24. The number of unbranched alkanes of at least 4 members (excludes halogenated alkanes) is 26. The van der Waals surface area contributed by atoms with E-state index in [1.807, 2.05) is 0 Å². The maximum Gasteiger partial charge on any atom is 0.306 e. The quantitative estimate of drug-likeness (QED) is 0.0322. The fraction of sp³-hybridized carbons (Fsp3) is 0.815. The van der Waals surface area contributed by atoms with E-state index in [4.69, 9.17) is 4.74 Å². The van der Waals surface area contributed by atoms with Gasteiger partial charge in [0.2, 0.25) is 5.91 Å². The summed E-state index contributed by atoms with van der Waals surface area (Å²) in [6, 6.07) is -0.714. The third-order valence-corrected chi connectivity index (χ3v) is 11.6. The first kappa shape index (κ1) is 57.8. The van der Waals surface area contributed by atoms with Crippen LogP contribution in [0.5, 0.6) is 0 Å². The van der Waals surface area contributed by atoms with Gasteiger partial charge in [0, 0.05) is 6.42 Å². The van der Waals surface area contributed by atoms with Crippen LogP contribution in [0.25, 0.3) is 0 Å². The number of aliphatic hydroxyl groups excluding tert-OH is 2. The van der Waals surface area contributed by atoms with Crippen LogP contribution in [0.1, 0.15) is 258 Å². The molecule has 60 heavy (non-hydrogen) atoms. The second-order valence-electron chi connectivity index (χ2n) is 17.5. The fourth-order valence-electron chi connectivity index (χ4n) is 7.74. The summed E-state index contributed by atoms with van der Waals surface area (Å²) < 4.78 is 5.90. The van der Waals surface area contributed by atoms with Gasteiger partial charge in [-0.2, -0.15) is 0 Å².